The SMILES string of the molecule is CCCN(CCC)C(=O)Cn1c(C)nc2ccccc2c1=O. The van der Waals surface area contributed by atoms with E-state index in [0.717, 1.165) is 25.9 Å². The zero-order chi connectivity index (χ0) is 16.1. The third-order valence-corrected chi connectivity index (χ3v) is 3.69. The lowest BCUT2D eigenvalue weighted by Gasteiger charge is -2.22. The minimum atomic E-state index is -0.149. The molecule has 0 atom stereocenters. The van der Waals surface area contributed by atoms with Gasteiger partial charge < -0.3 is 4.90 Å². The summed E-state index contributed by atoms with van der Waals surface area (Å²) < 4.78 is 1.48. The number of amides is 1. The van der Waals surface area contributed by atoms with Gasteiger partial charge in [0, 0.05) is 13.1 Å². The Hall–Kier alpha value is -2.17. The van der Waals surface area contributed by atoms with Gasteiger partial charge >= 0.3 is 0 Å². The number of hydrogen-bond acceptors (Lipinski definition) is 3. The molecule has 1 amide bonds. The molecule has 0 saturated heterocycles. The van der Waals surface area contributed by atoms with Crippen molar-refractivity contribution in [3.05, 3.63) is 40.4 Å². The monoisotopic (exact) mass is 301 g/mol. The number of hydrogen-bond donors (Lipinski definition) is 0. The van der Waals surface area contributed by atoms with E-state index in [1.54, 1.807) is 13.0 Å². The molecule has 0 N–H and O–H groups in total. The summed E-state index contributed by atoms with van der Waals surface area (Å²) in [4.78, 5) is 31.3. The van der Waals surface area contributed by atoms with Crippen molar-refractivity contribution in [2.45, 2.75) is 40.2 Å². The maximum absolute atomic E-state index is 12.6. The molecule has 118 valence electrons. The van der Waals surface area contributed by atoms with Crippen molar-refractivity contribution in [2.75, 3.05) is 13.1 Å². The Morgan fingerprint density at radius 2 is 1.82 bits per heavy atom. The highest BCUT2D eigenvalue weighted by atomic mass is 16.2. The van der Waals surface area contributed by atoms with E-state index in [0.29, 0.717) is 16.7 Å². The molecule has 0 unspecified atom stereocenters. The summed E-state index contributed by atoms with van der Waals surface area (Å²) in [6.07, 6.45) is 1.82. The van der Waals surface area contributed by atoms with Gasteiger partial charge in [0.15, 0.2) is 0 Å². The van der Waals surface area contributed by atoms with Gasteiger partial charge in [-0.15, -0.1) is 0 Å². The summed E-state index contributed by atoms with van der Waals surface area (Å²) in [6, 6.07) is 7.23. The molecule has 5 heteroatoms. The molecule has 0 saturated carbocycles. The van der Waals surface area contributed by atoms with Crippen LogP contribution in [0.4, 0.5) is 0 Å². The zero-order valence-corrected chi connectivity index (χ0v) is 13.5. The predicted octanol–water partition coefficient (Wildman–Crippen LogP) is 2.35. The first kappa shape index (κ1) is 16.2. The summed E-state index contributed by atoms with van der Waals surface area (Å²) >= 11 is 0. The van der Waals surface area contributed by atoms with Gasteiger partial charge in [-0.3, -0.25) is 14.2 Å². The quantitative estimate of drug-likeness (QED) is 0.823. The molecule has 1 heterocycles. The molecule has 0 aliphatic heterocycles. The largest absolute Gasteiger partial charge is 0.341 e. The van der Waals surface area contributed by atoms with Crippen molar-refractivity contribution in [3.8, 4) is 0 Å². The van der Waals surface area contributed by atoms with Crippen LogP contribution in [-0.2, 0) is 11.3 Å². The predicted molar refractivity (Wildman–Crippen MR) is 87.9 cm³/mol. The average molecular weight is 301 g/mol. The molecule has 0 radical (unpaired) electrons. The van der Waals surface area contributed by atoms with E-state index in [-0.39, 0.29) is 18.0 Å². The average Bonchev–Trinajstić information content (AvgIpc) is 2.51. The van der Waals surface area contributed by atoms with E-state index in [1.165, 1.54) is 4.57 Å². The number of benzene rings is 1. The minimum absolute atomic E-state index is 0.0222. The molecular formula is C17H23N3O2. The molecule has 2 rings (SSSR count). The lowest BCUT2D eigenvalue weighted by atomic mass is 10.2. The van der Waals surface area contributed by atoms with E-state index < -0.39 is 0 Å². The van der Waals surface area contributed by atoms with Crippen LogP contribution < -0.4 is 5.56 Å². The van der Waals surface area contributed by atoms with Crippen LogP contribution in [0.3, 0.4) is 0 Å². The minimum Gasteiger partial charge on any atom is -0.341 e. The molecule has 0 aliphatic carbocycles. The van der Waals surface area contributed by atoms with Gasteiger partial charge in [-0.25, -0.2) is 4.98 Å². The first-order valence-corrected chi connectivity index (χ1v) is 7.82. The Morgan fingerprint density at radius 3 is 2.45 bits per heavy atom. The van der Waals surface area contributed by atoms with Crippen LogP contribution in [0.1, 0.15) is 32.5 Å². The van der Waals surface area contributed by atoms with Gasteiger partial charge in [-0.05, 0) is 31.9 Å². The van der Waals surface area contributed by atoms with Gasteiger partial charge in [0.2, 0.25) is 5.91 Å². The zero-order valence-electron chi connectivity index (χ0n) is 13.5. The third-order valence-electron chi connectivity index (χ3n) is 3.69. The van der Waals surface area contributed by atoms with Crippen LogP contribution in [0.15, 0.2) is 29.1 Å². The first-order valence-electron chi connectivity index (χ1n) is 7.82. The summed E-state index contributed by atoms with van der Waals surface area (Å²) in [6.45, 7) is 7.37. The Balaban J connectivity index is 2.34. The maximum atomic E-state index is 12.6. The lowest BCUT2D eigenvalue weighted by Crippen LogP contribution is -2.38. The second-order valence-electron chi connectivity index (χ2n) is 5.45. The maximum Gasteiger partial charge on any atom is 0.261 e. The van der Waals surface area contributed by atoms with E-state index in [1.807, 2.05) is 36.9 Å². The highest BCUT2D eigenvalue weighted by Crippen LogP contribution is 2.08. The molecule has 0 bridgehead atoms. The summed E-state index contributed by atoms with van der Waals surface area (Å²) in [7, 11) is 0. The number of para-hydroxylation sites is 1. The van der Waals surface area contributed by atoms with Crippen LogP contribution >= 0.6 is 0 Å². The number of carbonyl (C=O) groups is 1. The van der Waals surface area contributed by atoms with E-state index >= 15 is 0 Å². The molecule has 2 aromatic rings. The standard InChI is InChI=1S/C17H23N3O2/c1-4-10-19(11-5-2)16(21)12-20-13(3)18-15-9-7-6-8-14(15)17(20)22/h6-9H,4-5,10-12H2,1-3H3. The van der Waals surface area contributed by atoms with Gasteiger partial charge in [-0.1, -0.05) is 26.0 Å². The summed E-state index contributed by atoms with van der Waals surface area (Å²) in [5.74, 6) is 0.552. The van der Waals surface area contributed by atoms with E-state index in [4.69, 9.17) is 0 Å². The molecular weight excluding hydrogens is 278 g/mol. The van der Waals surface area contributed by atoms with Crippen LogP contribution in [-0.4, -0.2) is 33.4 Å². The molecule has 1 aromatic heterocycles. The smallest absolute Gasteiger partial charge is 0.261 e. The molecule has 0 fully saturated rings. The van der Waals surface area contributed by atoms with Crippen molar-refractivity contribution >= 4 is 16.8 Å². The number of aromatic nitrogens is 2. The Morgan fingerprint density at radius 1 is 1.18 bits per heavy atom. The van der Waals surface area contributed by atoms with Gasteiger partial charge in [0.05, 0.1) is 10.9 Å². The van der Waals surface area contributed by atoms with Crippen molar-refractivity contribution < 1.29 is 4.79 Å². The molecule has 0 aliphatic rings. The number of aryl methyl sites for hydroxylation is 1. The highest BCUT2D eigenvalue weighted by molar-refractivity contribution is 5.79. The number of carbonyl (C=O) groups excluding carboxylic acids is 1. The third kappa shape index (κ3) is 3.35. The van der Waals surface area contributed by atoms with E-state index in [2.05, 4.69) is 4.98 Å². The summed E-state index contributed by atoms with van der Waals surface area (Å²) in [5.41, 5.74) is 0.525. The van der Waals surface area contributed by atoms with Crippen molar-refractivity contribution in [2.24, 2.45) is 0 Å². The lowest BCUT2D eigenvalue weighted by molar-refractivity contribution is -0.132. The van der Waals surface area contributed by atoms with Crippen molar-refractivity contribution in [1.29, 1.82) is 0 Å². The Labute approximate surface area is 130 Å². The van der Waals surface area contributed by atoms with Crippen LogP contribution in [0.5, 0.6) is 0 Å². The Kier molecular flexibility index (Phi) is 5.31. The summed E-state index contributed by atoms with van der Waals surface area (Å²) in [5, 5.41) is 0.554. The number of rotatable bonds is 6. The second-order valence-corrected chi connectivity index (χ2v) is 5.45. The van der Waals surface area contributed by atoms with E-state index in [9.17, 15) is 9.59 Å². The molecule has 22 heavy (non-hydrogen) atoms. The van der Waals surface area contributed by atoms with Gasteiger partial charge in [0.25, 0.3) is 5.56 Å². The molecule has 1 aromatic carbocycles. The molecule has 0 spiro atoms. The number of fused-ring (bicyclic) bond motifs is 1. The van der Waals surface area contributed by atoms with Crippen molar-refractivity contribution in [1.82, 2.24) is 14.5 Å². The fourth-order valence-electron chi connectivity index (χ4n) is 2.60. The first-order chi connectivity index (χ1) is 10.6. The highest BCUT2D eigenvalue weighted by Gasteiger charge is 2.16. The fraction of sp³-hybridized carbons (Fsp3) is 0.471. The van der Waals surface area contributed by atoms with Crippen molar-refractivity contribution in [3.63, 3.8) is 0 Å². The van der Waals surface area contributed by atoms with Crippen LogP contribution in [0.25, 0.3) is 10.9 Å². The fourth-order valence-corrected chi connectivity index (χ4v) is 2.60. The normalized spacial score (nSPS) is 10.9. The Bertz CT molecular complexity index is 715. The van der Waals surface area contributed by atoms with Crippen LogP contribution in [0.2, 0.25) is 0 Å². The topological polar surface area (TPSA) is 55.2 Å². The second kappa shape index (κ2) is 7.20. The van der Waals surface area contributed by atoms with Gasteiger partial charge in [-0.2, -0.15) is 0 Å². The van der Waals surface area contributed by atoms with Crippen LogP contribution in [0, 0.1) is 6.92 Å². The molecule has 5 nitrogen and oxygen atoms in total. The number of nitrogens with zero attached hydrogens (tertiary/aromatic N) is 3. The van der Waals surface area contributed by atoms with Gasteiger partial charge in [0.1, 0.15) is 12.4 Å².